The number of nitrogens with zero attached hydrogens (tertiary/aromatic N) is 4. The molecule has 3 aromatic carbocycles. The molecule has 5 rings (SSSR count). The van der Waals surface area contributed by atoms with Crippen LogP contribution in [0.25, 0.3) is 22.2 Å². The summed E-state index contributed by atoms with van der Waals surface area (Å²) in [7, 11) is 0. The number of halogens is 1. The van der Waals surface area contributed by atoms with Gasteiger partial charge in [-0.15, -0.1) is 16.5 Å². The molecule has 0 saturated carbocycles. The lowest BCUT2D eigenvalue weighted by molar-refractivity contribution is 0.628. The molecule has 1 unspecified atom stereocenters. The molecule has 0 aliphatic heterocycles. The Hall–Kier alpha value is -3.64. The zero-order valence-electron chi connectivity index (χ0n) is 17.5. The van der Waals surface area contributed by atoms with E-state index in [0.717, 1.165) is 23.4 Å². The zero-order chi connectivity index (χ0) is 21.9. The van der Waals surface area contributed by atoms with Crippen LogP contribution in [0.5, 0.6) is 0 Å². The molecule has 4 nitrogen and oxygen atoms in total. The highest BCUT2D eigenvalue weighted by molar-refractivity contribution is 7.13. The first-order chi connectivity index (χ1) is 15.7. The van der Waals surface area contributed by atoms with E-state index in [1.54, 1.807) is 12.1 Å². The smallest absolute Gasteiger partial charge is 0.230 e. The summed E-state index contributed by atoms with van der Waals surface area (Å²) in [6.07, 6.45) is 2.17. The minimum absolute atomic E-state index is 0.116. The average Bonchev–Trinajstić information content (AvgIpc) is 3.44. The molecule has 0 N–H and O–H groups in total. The van der Waals surface area contributed by atoms with Crippen molar-refractivity contribution >= 4 is 27.4 Å². The summed E-state index contributed by atoms with van der Waals surface area (Å²) in [5.74, 6) is -0.260. The van der Waals surface area contributed by atoms with Gasteiger partial charge in [0.15, 0.2) is 0 Å². The van der Waals surface area contributed by atoms with Crippen LogP contribution < -0.4 is 0 Å². The first-order valence-corrected chi connectivity index (χ1v) is 11.3. The summed E-state index contributed by atoms with van der Waals surface area (Å²) in [5.41, 5.74) is 5.21. The van der Waals surface area contributed by atoms with Gasteiger partial charge in [0, 0.05) is 40.2 Å². The van der Waals surface area contributed by atoms with Crippen molar-refractivity contribution in [1.82, 2.24) is 9.55 Å². The van der Waals surface area contributed by atoms with E-state index in [1.807, 2.05) is 18.4 Å². The van der Waals surface area contributed by atoms with Crippen LogP contribution in [-0.2, 0) is 6.54 Å². The fourth-order valence-corrected chi connectivity index (χ4v) is 4.43. The van der Waals surface area contributed by atoms with Crippen LogP contribution in [0.3, 0.4) is 0 Å². The van der Waals surface area contributed by atoms with Gasteiger partial charge in [0.05, 0.1) is 11.7 Å². The molecule has 0 aliphatic carbocycles. The molecule has 0 bridgehead atoms. The number of hydrogen-bond acceptors (Lipinski definition) is 4. The van der Waals surface area contributed by atoms with Crippen molar-refractivity contribution < 1.29 is 4.39 Å². The summed E-state index contributed by atoms with van der Waals surface area (Å²) in [5, 5.41) is 12.6. The van der Waals surface area contributed by atoms with Gasteiger partial charge in [0.25, 0.3) is 0 Å². The largest absolute Gasteiger partial charge is 0.343 e. The lowest BCUT2D eigenvalue weighted by Crippen LogP contribution is -1.97. The third kappa shape index (κ3) is 4.22. The Balaban J connectivity index is 1.40. The van der Waals surface area contributed by atoms with E-state index < -0.39 is 0 Å². The van der Waals surface area contributed by atoms with Gasteiger partial charge in [-0.25, -0.2) is 9.37 Å². The number of para-hydroxylation sites is 1. The van der Waals surface area contributed by atoms with Crippen LogP contribution in [0.2, 0.25) is 0 Å². The van der Waals surface area contributed by atoms with Crippen LogP contribution in [0.1, 0.15) is 24.1 Å². The lowest BCUT2D eigenvalue weighted by atomic mass is 10.1. The monoisotopic (exact) mass is 440 g/mol. The number of hydrogen-bond donors (Lipinski definition) is 0. The Morgan fingerprint density at radius 3 is 2.53 bits per heavy atom. The maximum Gasteiger partial charge on any atom is 0.230 e. The summed E-state index contributed by atoms with van der Waals surface area (Å²) in [4.78, 5) is 4.53. The number of benzene rings is 3. The second-order valence-corrected chi connectivity index (χ2v) is 8.47. The van der Waals surface area contributed by atoms with Crippen LogP contribution in [0.15, 0.2) is 101 Å². The van der Waals surface area contributed by atoms with E-state index in [0.29, 0.717) is 5.13 Å². The topological polar surface area (TPSA) is 42.5 Å². The molecule has 0 radical (unpaired) electrons. The zero-order valence-corrected chi connectivity index (χ0v) is 18.3. The van der Waals surface area contributed by atoms with E-state index >= 15 is 0 Å². The second kappa shape index (κ2) is 8.85. The second-order valence-electron chi connectivity index (χ2n) is 7.63. The molecule has 0 aliphatic rings. The minimum Gasteiger partial charge on any atom is -0.343 e. The van der Waals surface area contributed by atoms with E-state index in [2.05, 4.69) is 74.5 Å². The quantitative estimate of drug-likeness (QED) is 0.248. The molecular weight excluding hydrogens is 419 g/mol. The molecule has 32 heavy (non-hydrogen) atoms. The number of azo groups is 1. The Kier molecular flexibility index (Phi) is 5.60. The van der Waals surface area contributed by atoms with Gasteiger partial charge in [-0.1, -0.05) is 48.5 Å². The summed E-state index contributed by atoms with van der Waals surface area (Å²) < 4.78 is 15.4. The van der Waals surface area contributed by atoms with Crippen molar-refractivity contribution in [1.29, 1.82) is 0 Å². The van der Waals surface area contributed by atoms with Gasteiger partial charge >= 0.3 is 0 Å². The molecule has 0 saturated heterocycles. The fourth-order valence-electron chi connectivity index (χ4n) is 3.78. The lowest BCUT2D eigenvalue weighted by Gasteiger charge is -2.05. The predicted octanol–water partition coefficient (Wildman–Crippen LogP) is 7.80. The average molecular weight is 441 g/mol. The molecule has 2 aromatic heterocycles. The Labute approximate surface area is 189 Å². The summed E-state index contributed by atoms with van der Waals surface area (Å²) in [6, 6.07) is 25.0. The van der Waals surface area contributed by atoms with Crippen molar-refractivity contribution in [2.45, 2.75) is 19.5 Å². The van der Waals surface area contributed by atoms with Gasteiger partial charge in [-0.05, 0) is 42.8 Å². The third-order valence-electron chi connectivity index (χ3n) is 5.41. The van der Waals surface area contributed by atoms with E-state index in [1.165, 1.54) is 39.9 Å². The molecule has 158 valence electrons. The molecule has 6 heteroatoms. The Bertz CT molecular complexity index is 1370. The summed E-state index contributed by atoms with van der Waals surface area (Å²) in [6.45, 7) is 2.85. The number of rotatable bonds is 6. The summed E-state index contributed by atoms with van der Waals surface area (Å²) >= 11 is 1.43. The van der Waals surface area contributed by atoms with Crippen molar-refractivity contribution in [3.05, 3.63) is 107 Å². The molecule has 5 aromatic rings. The molecule has 0 spiro atoms. The van der Waals surface area contributed by atoms with Gasteiger partial charge in [0.1, 0.15) is 5.82 Å². The molecule has 1 atom stereocenters. The molecular formula is C26H21FN4S. The van der Waals surface area contributed by atoms with Crippen LogP contribution in [-0.4, -0.2) is 9.55 Å². The maximum absolute atomic E-state index is 13.2. The van der Waals surface area contributed by atoms with Gasteiger partial charge in [0.2, 0.25) is 5.13 Å². The van der Waals surface area contributed by atoms with Crippen LogP contribution in [0, 0.1) is 5.82 Å². The van der Waals surface area contributed by atoms with E-state index in [-0.39, 0.29) is 11.9 Å². The number of fused-ring (bicyclic) bond motifs is 1. The van der Waals surface area contributed by atoms with Gasteiger partial charge in [-0.3, -0.25) is 0 Å². The Morgan fingerprint density at radius 2 is 1.72 bits per heavy atom. The Morgan fingerprint density at radius 1 is 0.969 bits per heavy atom. The van der Waals surface area contributed by atoms with Crippen molar-refractivity contribution in [3.8, 4) is 11.3 Å². The van der Waals surface area contributed by atoms with Gasteiger partial charge in [-0.2, -0.15) is 5.11 Å². The third-order valence-corrected chi connectivity index (χ3v) is 6.14. The minimum atomic E-state index is -0.260. The van der Waals surface area contributed by atoms with Crippen LogP contribution in [0.4, 0.5) is 9.52 Å². The molecule has 2 heterocycles. The first-order valence-electron chi connectivity index (χ1n) is 10.4. The van der Waals surface area contributed by atoms with E-state index in [9.17, 15) is 4.39 Å². The van der Waals surface area contributed by atoms with Gasteiger partial charge < -0.3 is 4.57 Å². The fraction of sp³-hybridized carbons (Fsp3) is 0.115. The number of aromatic nitrogens is 2. The predicted molar refractivity (Wildman–Crippen MR) is 128 cm³/mol. The van der Waals surface area contributed by atoms with Crippen molar-refractivity contribution in [3.63, 3.8) is 0 Å². The standard InChI is InChI=1S/C26H21FN4S/c1-18(29-30-26-28-24(17-32-26)20-11-13-21(27)14-12-20)23-16-31(15-19-7-3-2-4-8-19)25-10-6-5-9-22(23)25/h2-14,16-18H,15H2,1H3. The van der Waals surface area contributed by atoms with Crippen molar-refractivity contribution in [2.75, 3.05) is 0 Å². The highest BCUT2D eigenvalue weighted by Gasteiger charge is 2.14. The maximum atomic E-state index is 13.2. The first kappa shape index (κ1) is 20.3. The van der Waals surface area contributed by atoms with Crippen molar-refractivity contribution in [2.24, 2.45) is 10.2 Å². The SMILES string of the molecule is CC(N=Nc1nc(-c2ccc(F)cc2)cs1)c1cn(Cc2ccccc2)c2ccccc12. The molecule has 0 amide bonds. The van der Waals surface area contributed by atoms with E-state index in [4.69, 9.17) is 0 Å². The molecule has 0 fully saturated rings. The normalized spacial score (nSPS) is 12.6. The number of thiazole rings is 1. The highest BCUT2D eigenvalue weighted by atomic mass is 32.1. The van der Waals surface area contributed by atoms with Crippen LogP contribution >= 0.6 is 11.3 Å². The highest BCUT2D eigenvalue weighted by Crippen LogP contribution is 2.32.